The van der Waals surface area contributed by atoms with Gasteiger partial charge in [0.2, 0.25) is 0 Å². The number of halogens is 3. The Morgan fingerprint density at radius 1 is 1.06 bits per heavy atom. The molecule has 0 saturated carbocycles. The van der Waals surface area contributed by atoms with Gasteiger partial charge in [-0.1, -0.05) is 0 Å². The van der Waals surface area contributed by atoms with Crippen LogP contribution in [0.2, 0.25) is 0 Å². The molecule has 186 valence electrons. The van der Waals surface area contributed by atoms with Crippen LogP contribution < -0.4 is 15.8 Å². The van der Waals surface area contributed by atoms with E-state index in [1.54, 1.807) is 6.20 Å². The van der Waals surface area contributed by atoms with Crippen molar-refractivity contribution in [2.75, 3.05) is 44.3 Å². The molecule has 0 aliphatic carbocycles. The first-order valence-electron chi connectivity index (χ1n) is 11.8. The van der Waals surface area contributed by atoms with Crippen LogP contribution >= 0.6 is 0 Å². The van der Waals surface area contributed by atoms with E-state index in [1.165, 1.54) is 16.7 Å². The summed E-state index contributed by atoms with van der Waals surface area (Å²) in [6, 6.07) is 5.18. The molecule has 0 aromatic carbocycles. The standard InChI is InChI=1S/C23H27F3N8O/c1-14-21(15-8-29-30-9-15)33(17-12-35-13-17)7-6-32(14)20-4-5-27-22(31-20)18-10-28-19-3-2-16(11-34(18)19)23(24,25)26/h2-5,10-11,14-15,17,21,29-30H,6-9,12-13H2,1H3/t14-,21+/m1/s1. The molecule has 9 nitrogen and oxygen atoms in total. The number of nitrogens with one attached hydrogen (secondary N) is 2. The zero-order chi connectivity index (χ0) is 24.2. The van der Waals surface area contributed by atoms with Crippen molar-refractivity contribution >= 4 is 11.5 Å². The number of rotatable bonds is 4. The van der Waals surface area contributed by atoms with Gasteiger partial charge >= 0.3 is 6.18 Å². The van der Waals surface area contributed by atoms with Crippen molar-refractivity contribution in [2.24, 2.45) is 5.92 Å². The predicted molar refractivity (Wildman–Crippen MR) is 123 cm³/mol. The van der Waals surface area contributed by atoms with Gasteiger partial charge in [-0.3, -0.25) is 20.2 Å². The highest BCUT2D eigenvalue weighted by Gasteiger charge is 2.44. The number of alkyl halides is 3. The van der Waals surface area contributed by atoms with Crippen LogP contribution in [0.3, 0.4) is 0 Å². The Bertz CT molecular complexity index is 1210. The molecule has 12 heteroatoms. The number of anilines is 1. The van der Waals surface area contributed by atoms with Crippen LogP contribution in [0.1, 0.15) is 12.5 Å². The van der Waals surface area contributed by atoms with E-state index in [0.717, 1.165) is 57.5 Å². The summed E-state index contributed by atoms with van der Waals surface area (Å²) < 4.78 is 46.8. The van der Waals surface area contributed by atoms with Gasteiger partial charge in [-0.15, -0.1) is 0 Å². The second kappa shape index (κ2) is 8.70. The van der Waals surface area contributed by atoms with Crippen molar-refractivity contribution in [1.29, 1.82) is 0 Å². The Hall–Kier alpha value is -2.80. The summed E-state index contributed by atoms with van der Waals surface area (Å²) in [5.41, 5.74) is 6.61. The van der Waals surface area contributed by atoms with Gasteiger partial charge in [0.1, 0.15) is 17.2 Å². The van der Waals surface area contributed by atoms with E-state index in [4.69, 9.17) is 9.72 Å². The van der Waals surface area contributed by atoms with Gasteiger partial charge in [0.25, 0.3) is 0 Å². The zero-order valence-corrected chi connectivity index (χ0v) is 19.2. The van der Waals surface area contributed by atoms with Crippen LogP contribution in [-0.2, 0) is 10.9 Å². The Morgan fingerprint density at radius 2 is 1.86 bits per heavy atom. The summed E-state index contributed by atoms with van der Waals surface area (Å²) in [5.74, 6) is 1.55. The molecule has 0 radical (unpaired) electrons. The summed E-state index contributed by atoms with van der Waals surface area (Å²) >= 11 is 0. The normalized spacial score (nSPS) is 24.9. The maximum absolute atomic E-state index is 13.3. The van der Waals surface area contributed by atoms with Gasteiger partial charge in [-0.25, -0.2) is 15.0 Å². The van der Waals surface area contributed by atoms with Gasteiger partial charge in [-0.05, 0) is 25.1 Å². The third kappa shape index (κ3) is 4.03. The molecule has 0 spiro atoms. The summed E-state index contributed by atoms with van der Waals surface area (Å²) in [6.07, 6.45) is -0.216. The van der Waals surface area contributed by atoms with E-state index < -0.39 is 11.7 Å². The van der Waals surface area contributed by atoms with Gasteiger partial charge in [0, 0.05) is 56.6 Å². The van der Waals surface area contributed by atoms with Crippen LogP contribution in [-0.4, -0.2) is 81.8 Å². The minimum atomic E-state index is -4.45. The van der Waals surface area contributed by atoms with E-state index in [1.807, 2.05) is 6.07 Å². The van der Waals surface area contributed by atoms with Gasteiger partial charge in [0.15, 0.2) is 5.82 Å². The Balaban J connectivity index is 1.32. The van der Waals surface area contributed by atoms with Gasteiger partial charge in [0.05, 0.1) is 31.0 Å². The van der Waals surface area contributed by atoms with Crippen LogP contribution in [0.5, 0.6) is 0 Å². The zero-order valence-electron chi connectivity index (χ0n) is 19.2. The predicted octanol–water partition coefficient (Wildman–Crippen LogP) is 1.81. The molecule has 3 aliphatic rings. The summed E-state index contributed by atoms with van der Waals surface area (Å²) in [7, 11) is 0. The highest BCUT2D eigenvalue weighted by atomic mass is 19.4. The van der Waals surface area contributed by atoms with Crippen LogP contribution in [0.4, 0.5) is 19.0 Å². The lowest BCUT2D eigenvalue weighted by molar-refractivity contribution is -0.137. The van der Waals surface area contributed by atoms with Gasteiger partial charge < -0.3 is 9.64 Å². The summed E-state index contributed by atoms with van der Waals surface area (Å²) in [5, 5.41) is 0. The number of aromatic nitrogens is 4. The lowest BCUT2D eigenvalue weighted by Crippen LogP contribution is -2.67. The third-order valence-electron chi connectivity index (χ3n) is 7.39. The molecular formula is C23H27F3N8O. The molecule has 0 bridgehead atoms. The average Bonchev–Trinajstić information content (AvgIpc) is 3.47. The summed E-state index contributed by atoms with van der Waals surface area (Å²) in [4.78, 5) is 18.3. The van der Waals surface area contributed by atoms with E-state index >= 15 is 0 Å². The van der Waals surface area contributed by atoms with Crippen molar-refractivity contribution in [2.45, 2.75) is 31.2 Å². The third-order valence-corrected chi connectivity index (χ3v) is 7.39. The second-order valence-corrected chi connectivity index (χ2v) is 9.40. The Kier molecular flexibility index (Phi) is 5.63. The maximum Gasteiger partial charge on any atom is 0.417 e. The van der Waals surface area contributed by atoms with Crippen molar-refractivity contribution in [3.05, 3.63) is 42.4 Å². The molecule has 3 aromatic rings. The average molecular weight is 489 g/mol. The maximum atomic E-state index is 13.3. The fraction of sp³-hybridized carbons (Fsp3) is 0.522. The van der Waals surface area contributed by atoms with Crippen LogP contribution in [0.15, 0.2) is 36.8 Å². The Labute approximate surface area is 200 Å². The first-order valence-corrected chi connectivity index (χ1v) is 11.8. The number of piperazine rings is 1. The van der Waals surface area contributed by atoms with E-state index in [-0.39, 0.29) is 6.04 Å². The van der Waals surface area contributed by atoms with E-state index in [9.17, 15) is 13.2 Å². The van der Waals surface area contributed by atoms with E-state index in [0.29, 0.717) is 35.2 Å². The molecule has 3 saturated heterocycles. The van der Waals surface area contributed by atoms with Crippen LogP contribution in [0, 0.1) is 5.92 Å². The van der Waals surface area contributed by atoms with Crippen molar-refractivity contribution in [1.82, 2.24) is 35.1 Å². The molecule has 2 atom stereocenters. The monoisotopic (exact) mass is 488 g/mol. The molecule has 0 amide bonds. The highest BCUT2D eigenvalue weighted by molar-refractivity contribution is 5.59. The Morgan fingerprint density at radius 3 is 2.57 bits per heavy atom. The first kappa shape index (κ1) is 22.7. The quantitative estimate of drug-likeness (QED) is 0.576. The minimum absolute atomic E-state index is 0.179. The number of nitrogens with zero attached hydrogens (tertiary/aromatic N) is 6. The SMILES string of the molecule is C[C@@H]1[C@@H](C2CNNC2)N(C2COC2)CCN1c1ccnc(-c2cnc3ccc(C(F)(F)F)cn23)n1. The molecule has 6 heterocycles. The highest BCUT2D eigenvalue weighted by Crippen LogP contribution is 2.33. The van der Waals surface area contributed by atoms with Crippen molar-refractivity contribution in [3.63, 3.8) is 0 Å². The molecule has 3 aliphatic heterocycles. The largest absolute Gasteiger partial charge is 0.417 e. The molecule has 0 unspecified atom stereocenters. The minimum Gasteiger partial charge on any atom is -0.378 e. The number of imidazole rings is 1. The smallest absolute Gasteiger partial charge is 0.378 e. The number of hydrogen-bond acceptors (Lipinski definition) is 8. The molecule has 3 fully saturated rings. The molecule has 2 N–H and O–H groups in total. The second-order valence-electron chi connectivity index (χ2n) is 9.40. The number of pyridine rings is 1. The van der Waals surface area contributed by atoms with Crippen molar-refractivity contribution < 1.29 is 17.9 Å². The number of ether oxygens (including phenoxy) is 1. The lowest BCUT2D eigenvalue weighted by Gasteiger charge is -2.53. The fourth-order valence-corrected chi connectivity index (χ4v) is 5.53. The molecule has 3 aromatic heterocycles. The summed E-state index contributed by atoms with van der Waals surface area (Å²) in [6.45, 7) is 7.23. The fourth-order valence-electron chi connectivity index (χ4n) is 5.53. The lowest BCUT2D eigenvalue weighted by atomic mass is 9.88. The molecule has 35 heavy (non-hydrogen) atoms. The topological polar surface area (TPSA) is 82.9 Å². The number of hydrazine groups is 1. The van der Waals surface area contributed by atoms with Crippen LogP contribution in [0.25, 0.3) is 17.2 Å². The van der Waals surface area contributed by atoms with Crippen molar-refractivity contribution in [3.8, 4) is 11.5 Å². The van der Waals surface area contributed by atoms with Gasteiger partial charge in [-0.2, -0.15) is 13.2 Å². The number of fused-ring (bicyclic) bond motifs is 1. The molecular weight excluding hydrogens is 461 g/mol. The molecule has 6 rings (SSSR count). The number of hydrogen-bond donors (Lipinski definition) is 2. The first-order chi connectivity index (χ1) is 16.9. The van der Waals surface area contributed by atoms with E-state index in [2.05, 4.69) is 37.5 Å².